The molecule has 10 heteroatoms. The third kappa shape index (κ3) is 5.30. The number of carbonyl (C=O) groups is 2. The molecule has 0 aliphatic heterocycles. The van der Waals surface area contributed by atoms with Crippen molar-refractivity contribution in [1.29, 1.82) is 0 Å². The van der Waals surface area contributed by atoms with Crippen LogP contribution in [0.5, 0.6) is 0 Å². The number of amides is 3. The van der Waals surface area contributed by atoms with Crippen molar-refractivity contribution < 1.29 is 14.0 Å². The molecule has 8 nitrogen and oxygen atoms in total. The average Bonchev–Trinajstić information content (AvgIpc) is 3.13. The first-order valence-electron chi connectivity index (χ1n) is 8.28. The van der Waals surface area contributed by atoms with Crippen molar-refractivity contribution in [3.05, 3.63) is 70.7 Å². The van der Waals surface area contributed by atoms with Crippen molar-refractivity contribution in [2.45, 2.75) is 13.1 Å². The third-order valence-corrected chi connectivity index (χ3v) is 4.46. The van der Waals surface area contributed by atoms with Crippen LogP contribution in [0.25, 0.3) is 0 Å². The minimum Gasteiger partial charge on any atom is -0.334 e. The fourth-order valence-electron chi connectivity index (χ4n) is 2.33. The van der Waals surface area contributed by atoms with Gasteiger partial charge in [0.2, 0.25) is 0 Å². The van der Waals surface area contributed by atoms with Gasteiger partial charge in [0.1, 0.15) is 5.82 Å². The minimum atomic E-state index is -0.450. The van der Waals surface area contributed by atoms with Crippen LogP contribution in [0, 0.1) is 5.82 Å². The van der Waals surface area contributed by atoms with Gasteiger partial charge in [0.05, 0.1) is 12.2 Å². The summed E-state index contributed by atoms with van der Waals surface area (Å²) in [4.78, 5) is 30.0. The number of nitrogens with zero attached hydrogens (tertiary/aromatic N) is 4. The molecule has 3 rings (SSSR count). The molecule has 2 heterocycles. The molecule has 0 saturated heterocycles. The van der Waals surface area contributed by atoms with E-state index in [2.05, 4.69) is 25.8 Å². The number of benzene rings is 1. The van der Waals surface area contributed by atoms with E-state index in [0.717, 1.165) is 0 Å². The van der Waals surface area contributed by atoms with Gasteiger partial charge in [0.15, 0.2) is 10.8 Å². The summed E-state index contributed by atoms with van der Waals surface area (Å²) in [6.07, 6.45) is 1.49. The Bertz CT molecular complexity index is 965. The van der Waals surface area contributed by atoms with E-state index in [9.17, 15) is 14.0 Å². The highest BCUT2D eigenvalue weighted by molar-refractivity contribution is 7.13. The van der Waals surface area contributed by atoms with Gasteiger partial charge in [-0.25, -0.2) is 14.2 Å². The number of anilines is 1. The summed E-state index contributed by atoms with van der Waals surface area (Å²) in [6.45, 7) is 0.454. The highest BCUT2D eigenvalue weighted by Gasteiger charge is 2.15. The zero-order chi connectivity index (χ0) is 19.9. The average molecular weight is 400 g/mol. The molecule has 28 heavy (non-hydrogen) atoms. The molecule has 0 radical (unpaired) electrons. The van der Waals surface area contributed by atoms with Gasteiger partial charge in [-0.2, -0.15) is 5.10 Å². The molecule has 0 bridgehead atoms. The van der Waals surface area contributed by atoms with Crippen LogP contribution < -0.4 is 10.6 Å². The number of halogens is 1. The normalized spacial score (nSPS) is 10.4. The number of aromatic nitrogens is 3. The van der Waals surface area contributed by atoms with Crippen LogP contribution in [0.4, 0.5) is 14.3 Å². The topological polar surface area (TPSA) is 100 Å². The van der Waals surface area contributed by atoms with E-state index in [1.165, 1.54) is 34.6 Å². The summed E-state index contributed by atoms with van der Waals surface area (Å²) >= 11 is 1.24. The van der Waals surface area contributed by atoms with Gasteiger partial charge in [-0.05, 0) is 29.8 Å². The molecule has 3 aromatic rings. The van der Waals surface area contributed by atoms with Gasteiger partial charge in [-0.1, -0.05) is 12.1 Å². The lowest BCUT2D eigenvalue weighted by atomic mass is 10.2. The Labute approximate surface area is 164 Å². The molecule has 0 spiro atoms. The van der Waals surface area contributed by atoms with Gasteiger partial charge < -0.3 is 10.2 Å². The minimum absolute atomic E-state index is 0.192. The molecule has 0 fully saturated rings. The summed E-state index contributed by atoms with van der Waals surface area (Å²) in [7, 11) is 1.63. The molecule has 1 aromatic carbocycles. The van der Waals surface area contributed by atoms with Crippen LogP contribution in [0.1, 0.15) is 21.7 Å². The maximum absolute atomic E-state index is 13.1. The Kier molecular flexibility index (Phi) is 6.22. The van der Waals surface area contributed by atoms with Gasteiger partial charge in [0, 0.05) is 25.2 Å². The lowest BCUT2D eigenvalue weighted by molar-refractivity contribution is 0.0776. The van der Waals surface area contributed by atoms with Crippen molar-refractivity contribution in [1.82, 2.24) is 25.4 Å². The number of nitrogens with one attached hydrogen (secondary N) is 2. The zero-order valence-corrected chi connectivity index (χ0v) is 15.7. The first kappa shape index (κ1) is 19.4. The standard InChI is InChI=1S/C18H17FN6O2S/c1-25(16(26)15-6-3-7-21-24-15)10-14-11-28-18(22-14)23-17(27)20-9-12-4-2-5-13(19)8-12/h2-8,11H,9-10H2,1H3,(H2,20,22,23,27). The number of hydrogen-bond donors (Lipinski definition) is 2. The van der Waals surface area contributed by atoms with Gasteiger partial charge in [-0.3, -0.25) is 10.1 Å². The van der Waals surface area contributed by atoms with Crippen molar-refractivity contribution in [3.8, 4) is 0 Å². The van der Waals surface area contributed by atoms with Gasteiger partial charge in [-0.15, -0.1) is 16.4 Å². The molecule has 0 unspecified atom stereocenters. The molecule has 2 N–H and O–H groups in total. The van der Waals surface area contributed by atoms with E-state index in [1.54, 1.807) is 36.7 Å². The number of hydrogen-bond acceptors (Lipinski definition) is 6. The SMILES string of the molecule is CN(Cc1csc(NC(=O)NCc2cccc(F)c2)n1)C(=O)c1cccnn1. The number of carbonyl (C=O) groups excluding carboxylic acids is 2. The molecular formula is C18H17FN6O2S. The van der Waals surface area contributed by atoms with Crippen LogP contribution in [0.2, 0.25) is 0 Å². The van der Waals surface area contributed by atoms with Crippen LogP contribution in [-0.4, -0.2) is 39.1 Å². The fourth-order valence-corrected chi connectivity index (χ4v) is 3.03. The van der Waals surface area contributed by atoms with E-state index < -0.39 is 6.03 Å². The first-order chi connectivity index (χ1) is 13.5. The van der Waals surface area contributed by atoms with Crippen LogP contribution in [-0.2, 0) is 13.1 Å². The van der Waals surface area contributed by atoms with Crippen molar-refractivity contribution >= 4 is 28.4 Å². The Morgan fingerprint density at radius 1 is 1.25 bits per heavy atom. The number of thiazole rings is 1. The predicted octanol–water partition coefficient (Wildman–Crippen LogP) is 2.67. The van der Waals surface area contributed by atoms with Crippen molar-refractivity contribution in [3.63, 3.8) is 0 Å². The van der Waals surface area contributed by atoms with E-state index in [0.29, 0.717) is 16.4 Å². The first-order valence-corrected chi connectivity index (χ1v) is 9.16. The zero-order valence-electron chi connectivity index (χ0n) is 14.9. The molecule has 144 valence electrons. The van der Waals surface area contributed by atoms with Crippen LogP contribution in [0.3, 0.4) is 0 Å². The van der Waals surface area contributed by atoms with Crippen molar-refractivity contribution in [2.75, 3.05) is 12.4 Å². The lowest BCUT2D eigenvalue weighted by Crippen LogP contribution is -2.28. The van der Waals surface area contributed by atoms with Gasteiger partial charge >= 0.3 is 6.03 Å². The Morgan fingerprint density at radius 2 is 2.11 bits per heavy atom. The molecule has 2 aromatic heterocycles. The second kappa shape index (κ2) is 9.00. The summed E-state index contributed by atoms with van der Waals surface area (Å²) < 4.78 is 13.1. The van der Waals surface area contributed by atoms with E-state index >= 15 is 0 Å². The monoisotopic (exact) mass is 400 g/mol. The summed E-state index contributed by atoms with van der Waals surface area (Å²) in [5, 5.41) is 14.9. The quantitative estimate of drug-likeness (QED) is 0.663. The Morgan fingerprint density at radius 3 is 2.86 bits per heavy atom. The van der Waals surface area contributed by atoms with E-state index in [4.69, 9.17) is 0 Å². The third-order valence-electron chi connectivity index (χ3n) is 3.65. The van der Waals surface area contributed by atoms with Crippen molar-refractivity contribution in [2.24, 2.45) is 0 Å². The molecule has 0 aliphatic rings. The summed E-state index contributed by atoms with van der Waals surface area (Å²) in [5.74, 6) is -0.632. The molecule has 0 aliphatic carbocycles. The summed E-state index contributed by atoms with van der Waals surface area (Å²) in [5.41, 5.74) is 1.53. The molecule has 0 atom stereocenters. The van der Waals surface area contributed by atoms with E-state index in [1.807, 2.05) is 0 Å². The molecule has 0 saturated carbocycles. The largest absolute Gasteiger partial charge is 0.334 e. The van der Waals surface area contributed by atoms with Gasteiger partial charge in [0.25, 0.3) is 5.91 Å². The predicted molar refractivity (Wildman–Crippen MR) is 102 cm³/mol. The smallest absolute Gasteiger partial charge is 0.321 e. The highest BCUT2D eigenvalue weighted by atomic mass is 32.1. The summed E-state index contributed by atoms with van der Waals surface area (Å²) in [6, 6.07) is 8.77. The number of urea groups is 1. The maximum Gasteiger partial charge on any atom is 0.321 e. The van der Waals surface area contributed by atoms with Crippen LogP contribution in [0.15, 0.2) is 48.0 Å². The van der Waals surface area contributed by atoms with Crippen LogP contribution >= 0.6 is 11.3 Å². The fraction of sp³-hybridized carbons (Fsp3) is 0.167. The Hall–Kier alpha value is -3.40. The molecule has 3 amide bonds. The van der Waals surface area contributed by atoms with E-state index in [-0.39, 0.29) is 30.5 Å². The Balaban J connectivity index is 1.50. The maximum atomic E-state index is 13.1. The second-order valence-electron chi connectivity index (χ2n) is 5.85. The second-order valence-corrected chi connectivity index (χ2v) is 6.71. The molecular weight excluding hydrogens is 383 g/mol. The highest BCUT2D eigenvalue weighted by Crippen LogP contribution is 2.17. The lowest BCUT2D eigenvalue weighted by Gasteiger charge is -2.14. The number of rotatable bonds is 6.